The third-order valence-electron chi connectivity index (χ3n) is 3.02. The number of nitrogens with one attached hydrogen (secondary N) is 2. The molecule has 0 aromatic heterocycles. The van der Waals surface area contributed by atoms with Crippen LogP contribution in [0.25, 0.3) is 0 Å². The summed E-state index contributed by atoms with van der Waals surface area (Å²) in [4.78, 5) is 45.6. The molecule has 1 fully saturated rings. The van der Waals surface area contributed by atoms with Gasteiger partial charge in [-0.3, -0.25) is 14.4 Å². The van der Waals surface area contributed by atoms with Gasteiger partial charge in [-0.2, -0.15) is 0 Å². The molecule has 20 heavy (non-hydrogen) atoms. The van der Waals surface area contributed by atoms with Crippen LogP contribution < -0.4 is 16.4 Å². The molecule has 1 heterocycles. The Bertz CT molecular complexity index is 404. The van der Waals surface area contributed by atoms with E-state index >= 15 is 0 Å². The number of piperidine rings is 1. The molecule has 9 heteroatoms. The number of likely N-dealkylation sites (tertiary alicyclic amines) is 1. The smallest absolute Gasteiger partial charge is 0.322 e. The maximum Gasteiger partial charge on any atom is 0.322 e. The van der Waals surface area contributed by atoms with E-state index in [1.165, 1.54) is 4.90 Å². The minimum absolute atomic E-state index is 0.210. The van der Waals surface area contributed by atoms with Crippen molar-refractivity contribution in [3.8, 4) is 0 Å². The minimum atomic E-state index is -1.15. The average Bonchev–Trinajstić information content (AvgIpc) is 2.42. The highest BCUT2D eigenvalue weighted by atomic mass is 16.4. The van der Waals surface area contributed by atoms with E-state index in [1.807, 2.05) is 0 Å². The lowest BCUT2D eigenvalue weighted by atomic mass is 9.96. The second-order valence-electron chi connectivity index (χ2n) is 4.49. The van der Waals surface area contributed by atoms with E-state index in [-0.39, 0.29) is 18.4 Å². The number of rotatable bonds is 5. The number of hydrogen-bond donors (Lipinski definition) is 4. The van der Waals surface area contributed by atoms with Gasteiger partial charge in [-0.15, -0.1) is 0 Å². The van der Waals surface area contributed by atoms with Gasteiger partial charge in [-0.25, -0.2) is 4.79 Å². The molecule has 112 valence electrons. The van der Waals surface area contributed by atoms with Crippen LogP contribution in [0.1, 0.15) is 12.8 Å². The zero-order chi connectivity index (χ0) is 15.1. The van der Waals surface area contributed by atoms with Crippen LogP contribution in [0.2, 0.25) is 0 Å². The van der Waals surface area contributed by atoms with Gasteiger partial charge in [-0.05, 0) is 12.8 Å². The van der Waals surface area contributed by atoms with Crippen molar-refractivity contribution in [3.05, 3.63) is 0 Å². The fourth-order valence-corrected chi connectivity index (χ4v) is 1.87. The van der Waals surface area contributed by atoms with E-state index < -0.39 is 24.5 Å². The summed E-state index contributed by atoms with van der Waals surface area (Å²) in [6.07, 6.45) is 1.02. The van der Waals surface area contributed by atoms with Gasteiger partial charge in [0, 0.05) is 19.0 Å². The standard InChI is InChI=1S/C11H18N4O5/c12-10(19)7-1-3-15(4-2-7)11(20)14-5-8(16)13-6-9(17)18/h7H,1-6H2,(H2,12,19)(H,13,16)(H,14,20)(H,17,18). The van der Waals surface area contributed by atoms with Gasteiger partial charge in [0.2, 0.25) is 11.8 Å². The Morgan fingerprint density at radius 2 is 1.70 bits per heavy atom. The lowest BCUT2D eigenvalue weighted by molar-refractivity contribution is -0.137. The van der Waals surface area contributed by atoms with E-state index in [4.69, 9.17) is 10.8 Å². The fraction of sp³-hybridized carbons (Fsp3) is 0.636. The van der Waals surface area contributed by atoms with Gasteiger partial charge < -0.3 is 26.4 Å². The van der Waals surface area contributed by atoms with Crippen LogP contribution in [0.4, 0.5) is 4.79 Å². The number of aliphatic carboxylic acids is 1. The van der Waals surface area contributed by atoms with Gasteiger partial charge in [0.05, 0.1) is 6.54 Å². The van der Waals surface area contributed by atoms with Crippen LogP contribution >= 0.6 is 0 Å². The number of nitrogens with two attached hydrogens (primary N) is 1. The first-order valence-corrected chi connectivity index (χ1v) is 6.20. The number of urea groups is 1. The van der Waals surface area contributed by atoms with Crippen LogP contribution in [-0.2, 0) is 14.4 Å². The number of carbonyl (C=O) groups excluding carboxylic acids is 3. The first kappa shape index (κ1) is 15.7. The highest BCUT2D eigenvalue weighted by molar-refractivity contribution is 5.86. The Balaban J connectivity index is 2.25. The number of carboxylic acid groups (broad SMARTS) is 1. The monoisotopic (exact) mass is 286 g/mol. The number of carboxylic acids is 1. The summed E-state index contributed by atoms with van der Waals surface area (Å²) >= 11 is 0. The normalized spacial score (nSPS) is 15.5. The molecule has 5 N–H and O–H groups in total. The first-order chi connectivity index (χ1) is 9.40. The maximum absolute atomic E-state index is 11.7. The quantitative estimate of drug-likeness (QED) is 0.466. The summed E-state index contributed by atoms with van der Waals surface area (Å²) in [6.45, 7) is 0.0208. The van der Waals surface area contributed by atoms with Gasteiger partial charge in [0.25, 0.3) is 0 Å². The van der Waals surface area contributed by atoms with Crippen molar-refractivity contribution in [3.63, 3.8) is 0 Å². The van der Waals surface area contributed by atoms with Crippen molar-refractivity contribution in [2.45, 2.75) is 12.8 Å². The Morgan fingerprint density at radius 3 is 2.20 bits per heavy atom. The highest BCUT2D eigenvalue weighted by Gasteiger charge is 2.25. The van der Waals surface area contributed by atoms with E-state index in [1.54, 1.807) is 0 Å². The number of amides is 4. The molecule has 0 spiro atoms. The molecule has 0 bridgehead atoms. The minimum Gasteiger partial charge on any atom is -0.480 e. The van der Waals surface area contributed by atoms with E-state index in [0.29, 0.717) is 25.9 Å². The van der Waals surface area contributed by atoms with Crippen molar-refractivity contribution >= 4 is 23.8 Å². The van der Waals surface area contributed by atoms with Gasteiger partial charge in [-0.1, -0.05) is 0 Å². The third-order valence-corrected chi connectivity index (χ3v) is 3.02. The molecule has 0 saturated carbocycles. The van der Waals surface area contributed by atoms with Crippen LogP contribution in [0.15, 0.2) is 0 Å². The zero-order valence-electron chi connectivity index (χ0n) is 10.9. The van der Waals surface area contributed by atoms with Gasteiger partial charge >= 0.3 is 12.0 Å². The summed E-state index contributed by atoms with van der Waals surface area (Å²) in [5.41, 5.74) is 5.19. The molecule has 1 aliphatic rings. The zero-order valence-corrected chi connectivity index (χ0v) is 10.9. The molecule has 1 saturated heterocycles. The van der Waals surface area contributed by atoms with E-state index in [0.717, 1.165) is 0 Å². The molecule has 1 aliphatic heterocycles. The largest absolute Gasteiger partial charge is 0.480 e. The lowest BCUT2D eigenvalue weighted by Crippen LogP contribution is -2.48. The molecular weight excluding hydrogens is 268 g/mol. The van der Waals surface area contributed by atoms with Crippen molar-refractivity contribution in [1.82, 2.24) is 15.5 Å². The van der Waals surface area contributed by atoms with Crippen molar-refractivity contribution in [2.75, 3.05) is 26.2 Å². The summed E-state index contributed by atoms with van der Waals surface area (Å²) in [5.74, 6) is -2.30. The summed E-state index contributed by atoms with van der Waals surface area (Å²) in [5, 5.41) is 12.9. The van der Waals surface area contributed by atoms with Crippen molar-refractivity contribution in [2.24, 2.45) is 11.7 Å². The second kappa shape index (κ2) is 7.31. The number of primary amides is 1. The third kappa shape index (κ3) is 5.12. The highest BCUT2D eigenvalue weighted by Crippen LogP contribution is 2.16. The SMILES string of the molecule is NC(=O)C1CCN(C(=O)NCC(=O)NCC(=O)O)CC1. The number of nitrogens with zero attached hydrogens (tertiary/aromatic N) is 1. The predicted octanol–water partition coefficient (Wildman–Crippen LogP) is -1.91. The Morgan fingerprint density at radius 1 is 1.10 bits per heavy atom. The van der Waals surface area contributed by atoms with Gasteiger partial charge in [0.1, 0.15) is 6.54 Å². The average molecular weight is 286 g/mol. The topological polar surface area (TPSA) is 142 Å². The molecule has 1 rings (SSSR count). The summed E-state index contributed by atoms with van der Waals surface area (Å²) in [7, 11) is 0. The molecule has 0 aromatic carbocycles. The molecule has 0 aliphatic carbocycles. The predicted molar refractivity (Wildman–Crippen MR) is 67.5 cm³/mol. The second-order valence-corrected chi connectivity index (χ2v) is 4.49. The Hall–Kier alpha value is -2.32. The van der Waals surface area contributed by atoms with Gasteiger partial charge in [0.15, 0.2) is 0 Å². The Labute approximate surface area is 115 Å². The molecule has 4 amide bonds. The molecular formula is C11H18N4O5. The molecule has 0 aromatic rings. The van der Waals surface area contributed by atoms with Crippen LogP contribution in [-0.4, -0.2) is 60.0 Å². The molecule has 0 unspecified atom stereocenters. The number of carbonyl (C=O) groups is 4. The van der Waals surface area contributed by atoms with E-state index in [2.05, 4.69) is 10.6 Å². The van der Waals surface area contributed by atoms with Crippen LogP contribution in [0.5, 0.6) is 0 Å². The van der Waals surface area contributed by atoms with Crippen molar-refractivity contribution < 1.29 is 24.3 Å². The van der Waals surface area contributed by atoms with Crippen molar-refractivity contribution in [1.29, 1.82) is 0 Å². The van der Waals surface area contributed by atoms with Crippen LogP contribution in [0.3, 0.4) is 0 Å². The number of hydrogen-bond acceptors (Lipinski definition) is 4. The maximum atomic E-state index is 11.7. The molecule has 0 atom stereocenters. The fourth-order valence-electron chi connectivity index (χ4n) is 1.87. The van der Waals surface area contributed by atoms with E-state index in [9.17, 15) is 19.2 Å². The molecule has 0 radical (unpaired) electrons. The summed E-state index contributed by atoms with van der Waals surface area (Å²) < 4.78 is 0. The molecule has 9 nitrogen and oxygen atoms in total. The first-order valence-electron chi connectivity index (χ1n) is 6.20. The Kier molecular flexibility index (Phi) is 5.75. The summed E-state index contributed by atoms with van der Waals surface area (Å²) in [6, 6.07) is -0.418. The van der Waals surface area contributed by atoms with Crippen LogP contribution in [0, 0.1) is 5.92 Å². The lowest BCUT2D eigenvalue weighted by Gasteiger charge is -2.30.